The van der Waals surface area contributed by atoms with Gasteiger partial charge in [-0.2, -0.15) is 0 Å². The lowest BCUT2D eigenvalue weighted by Gasteiger charge is -2.16. The molecule has 1 amide bonds. The van der Waals surface area contributed by atoms with E-state index in [4.69, 9.17) is 28.9 Å². The molecule has 24 heavy (non-hydrogen) atoms. The molecule has 0 aliphatic heterocycles. The third-order valence-electron chi connectivity index (χ3n) is 4.34. The number of para-hydroxylation sites is 1. The number of nitrogens with one attached hydrogen (secondary N) is 1. The van der Waals surface area contributed by atoms with Crippen LogP contribution in [0.1, 0.15) is 36.0 Å². The van der Waals surface area contributed by atoms with Gasteiger partial charge in [-0.15, -0.1) is 0 Å². The van der Waals surface area contributed by atoms with Gasteiger partial charge in [0.2, 0.25) is 5.91 Å². The lowest BCUT2D eigenvalue weighted by molar-refractivity contribution is -0.118. The number of benzene rings is 2. The second-order valence-electron chi connectivity index (χ2n) is 5.83. The highest BCUT2D eigenvalue weighted by Gasteiger charge is 2.21. The number of aromatic nitrogens is 1. The predicted molar refractivity (Wildman–Crippen MR) is 99.8 cm³/mol. The van der Waals surface area contributed by atoms with Gasteiger partial charge in [-0.1, -0.05) is 54.4 Å². The van der Waals surface area contributed by atoms with Gasteiger partial charge in [0, 0.05) is 29.4 Å². The highest BCUT2D eigenvalue weighted by atomic mass is 35.5. The molecule has 0 bridgehead atoms. The molecule has 5 heteroatoms. The number of carbonyl (C=O) groups is 1. The number of fused-ring (bicyclic) bond motifs is 1. The van der Waals surface area contributed by atoms with E-state index in [1.54, 1.807) is 12.1 Å². The molecule has 0 fully saturated rings. The van der Waals surface area contributed by atoms with Crippen molar-refractivity contribution in [2.45, 2.75) is 25.7 Å². The van der Waals surface area contributed by atoms with E-state index < -0.39 is 0 Å². The Kier molecular flexibility index (Phi) is 4.83. The smallest absolute Gasteiger partial charge is 0.218 e. The van der Waals surface area contributed by atoms with Gasteiger partial charge in [0.1, 0.15) is 0 Å². The molecule has 0 saturated heterocycles. The predicted octanol–water partition coefficient (Wildman–Crippen LogP) is 5.04. The van der Waals surface area contributed by atoms with Crippen LogP contribution in [-0.4, -0.2) is 10.9 Å². The molecule has 3 rings (SSSR count). The molecule has 3 aromatic rings. The topological polar surface area (TPSA) is 58.9 Å². The second kappa shape index (κ2) is 6.88. The number of hydrogen-bond acceptors (Lipinski definition) is 1. The van der Waals surface area contributed by atoms with Crippen molar-refractivity contribution in [2.24, 2.45) is 5.73 Å². The quantitative estimate of drug-likeness (QED) is 0.657. The number of halogens is 2. The van der Waals surface area contributed by atoms with Crippen molar-refractivity contribution in [3.8, 4) is 0 Å². The Morgan fingerprint density at radius 3 is 2.67 bits per heavy atom. The van der Waals surface area contributed by atoms with Gasteiger partial charge in [0.15, 0.2) is 0 Å². The first kappa shape index (κ1) is 16.9. The van der Waals surface area contributed by atoms with Crippen LogP contribution in [0.4, 0.5) is 0 Å². The zero-order valence-corrected chi connectivity index (χ0v) is 14.8. The summed E-state index contributed by atoms with van der Waals surface area (Å²) in [6, 6.07) is 11.6. The van der Waals surface area contributed by atoms with E-state index in [1.165, 1.54) is 5.56 Å². The van der Waals surface area contributed by atoms with Gasteiger partial charge < -0.3 is 10.7 Å². The van der Waals surface area contributed by atoms with Crippen LogP contribution < -0.4 is 5.73 Å². The third-order valence-corrected chi connectivity index (χ3v) is 5.08. The van der Waals surface area contributed by atoms with Gasteiger partial charge in [0.05, 0.1) is 10.0 Å². The standard InChI is InChI=1S/C19H18Cl2N2O/c1-2-11-4-3-5-13-15(10-23-19(11)13)14(9-18(22)24)12-6-7-16(20)17(21)8-12/h3-8,10,14,23H,2,9H2,1H3,(H2,22,24). The normalized spacial score (nSPS) is 12.5. The first-order chi connectivity index (χ1) is 11.5. The van der Waals surface area contributed by atoms with Gasteiger partial charge >= 0.3 is 0 Å². The summed E-state index contributed by atoms with van der Waals surface area (Å²) in [5, 5.41) is 2.06. The average Bonchev–Trinajstić information content (AvgIpc) is 2.99. The van der Waals surface area contributed by atoms with Crippen molar-refractivity contribution in [3.05, 3.63) is 69.3 Å². The maximum absolute atomic E-state index is 11.6. The first-order valence-electron chi connectivity index (χ1n) is 7.83. The fourth-order valence-corrected chi connectivity index (χ4v) is 3.47. The Hall–Kier alpha value is -1.97. The lowest BCUT2D eigenvalue weighted by atomic mass is 9.87. The molecule has 1 unspecified atom stereocenters. The number of H-pyrrole nitrogens is 1. The van der Waals surface area contributed by atoms with Gasteiger partial charge in [-0.25, -0.2) is 0 Å². The minimum Gasteiger partial charge on any atom is -0.370 e. The van der Waals surface area contributed by atoms with Crippen LogP contribution in [0.5, 0.6) is 0 Å². The zero-order chi connectivity index (χ0) is 17.3. The molecule has 0 spiro atoms. The molecule has 124 valence electrons. The molecule has 0 radical (unpaired) electrons. The van der Waals surface area contributed by atoms with E-state index in [1.807, 2.05) is 18.3 Å². The third kappa shape index (κ3) is 3.14. The van der Waals surface area contributed by atoms with Gasteiger partial charge in [-0.3, -0.25) is 4.79 Å². The van der Waals surface area contributed by atoms with Crippen LogP contribution in [-0.2, 0) is 11.2 Å². The van der Waals surface area contributed by atoms with E-state index in [0.717, 1.165) is 28.5 Å². The van der Waals surface area contributed by atoms with Gasteiger partial charge in [-0.05, 0) is 35.2 Å². The Morgan fingerprint density at radius 1 is 1.21 bits per heavy atom. The number of aryl methyl sites for hydroxylation is 1. The first-order valence-corrected chi connectivity index (χ1v) is 8.59. The van der Waals surface area contributed by atoms with Gasteiger partial charge in [0.25, 0.3) is 0 Å². The van der Waals surface area contributed by atoms with E-state index in [-0.39, 0.29) is 18.2 Å². The van der Waals surface area contributed by atoms with Crippen LogP contribution in [0.3, 0.4) is 0 Å². The number of aromatic amines is 1. The second-order valence-corrected chi connectivity index (χ2v) is 6.65. The largest absolute Gasteiger partial charge is 0.370 e. The number of carbonyl (C=O) groups excluding carboxylic acids is 1. The molecular formula is C19H18Cl2N2O. The summed E-state index contributed by atoms with van der Waals surface area (Å²) < 4.78 is 0. The van der Waals surface area contributed by atoms with E-state index >= 15 is 0 Å². The van der Waals surface area contributed by atoms with E-state index in [9.17, 15) is 4.79 Å². The van der Waals surface area contributed by atoms with Crippen LogP contribution in [0, 0.1) is 0 Å². The average molecular weight is 361 g/mol. The van der Waals surface area contributed by atoms with E-state index in [0.29, 0.717) is 10.0 Å². The monoisotopic (exact) mass is 360 g/mol. The maximum atomic E-state index is 11.6. The Labute approximate surface area is 150 Å². The number of hydrogen-bond donors (Lipinski definition) is 2. The maximum Gasteiger partial charge on any atom is 0.218 e. The molecule has 0 aliphatic rings. The minimum atomic E-state index is -0.355. The van der Waals surface area contributed by atoms with Crippen molar-refractivity contribution >= 4 is 40.0 Å². The summed E-state index contributed by atoms with van der Waals surface area (Å²) in [4.78, 5) is 15.0. The Balaban J connectivity index is 2.16. The van der Waals surface area contributed by atoms with Crippen LogP contribution in [0.25, 0.3) is 10.9 Å². The Bertz CT molecular complexity index is 902. The molecule has 3 N–H and O–H groups in total. The minimum absolute atomic E-state index is 0.168. The fraction of sp³-hybridized carbons (Fsp3) is 0.211. The number of amides is 1. The summed E-state index contributed by atoms with van der Waals surface area (Å²) in [6.07, 6.45) is 3.10. The van der Waals surface area contributed by atoms with Crippen molar-refractivity contribution in [1.29, 1.82) is 0 Å². The van der Waals surface area contributed by atoms with Crippen molar-refractivity contribution in [2.75, 3.05) is 0 Å². The number of rotatable bonds is 5. The highest BCUT2D eigenvalue weighted by molar-refractivity contribution is 6.42. The molecule has 3 nitrogen and oxygen atoms in total. The number of nitrogens with two attached hydrogens (primary N) is 1. The van der Waals surface area contributed by atoms with Crippen molar-refractivity contribution < 1.29 is 4.79 Å². The summed E-state index contributed by atoms with van der Waals surface area (Å²) >= 11 is 12.2. The van der Waals surface area contributed by atoms with Crippen molar-refractivity contribution in [3.63, 3.8) is 0 Å². The molecule has 2 aromatic carbocycles. The van der Waals surface area contributed by atoms with Crippen LogP contribution in [0.15, 0.2) is 42.6 Å². The summed E-state index contributed by atoms with van der Waals surface area (Å²) in [6.45, 7) is 2.12. The van der Waals surface area contributed by atoms with Crippen molar-refractivity contribution in [1.82, 2.24) is 4.98 Å². The summed E-state index contributed by atoms with van der Waals surface area (Å²) in [5.74, 6) is -0.523. The SMILES string of the molecule is CCc1cccc2c(C(CC(N)=O)c3ccc(Cl)c(Cl)c3)c[nH]c12. The summed E-state index contributed by atoms with van der Waals surface area (Å²) in [7, 11) is 0. The van der Waals surface area contributed by atoms with Crippen LogP contribution >= 0.6 is 23.2 Å². The molecule has 1 atom stereocenters. The molecule has 0 aliphatic carbocycles. The molecule has 1 aromatic heterocycles. The molecule has 0 saturated carbocycles. The van der Waals surface area contributed by atoms with Crippen LogP contribution in [0.2, 0.25) is 10.0 Å². The molecular weight excluding hydrogens is 343 g/mol. The zero-order valence-electron chi connectivity index (χ0n) is 13.3. The highest BCUT2D eigenvalue weighted by Crippen LogP contribution is 2.36. The summed E-state index contributed by atoms with van der Waals surface area (Å²) in [5.41, 5.74) is 9.80. The van der Waals surface area contributed by atoms with E-state index in [2.05, 4.69) is 24.0 Å². The lowest BCUT2D eigenvalue weighted by Crippen LogP contribution is -2.16. The Morgan fingerprint density at radius 2 is 2.00 bits per heavy atom. The molecule has 1 heterocycles. The number of primary amides is 1. The fourth-order valence-electron chi connectivity index (χ4n) is 3.16.